The molecule has 29 heavy (non-hydrogen) atoms. The molecule has 0 saturated heterocycles. The second kappa shape index (κ2) is 25.7. The molecule has 0 amide bonds. The van der Waals surface area contributed by atoms with Crippen molar-refractivity contribution in [1.82, 2.24) is 0 Å². The first kappa shape index (κ1) is 28.6. The monoisotopic (exact) mass is 412 g/mol. The van der Waals surface area contributed by atoms with Crippen molar-refractivity contribution in [3.05, 3.63) is 12.2 Å². The summed E-state index contributed by atoms with van der Waals surface area (Å²) in [6.45, 7) is 6.37. The first-order chi connectivity index (χ1) is 14.3. The van der Waals surface area contributed by atoms with Crippen molar-refractivity contribution in [1.29, 1.82) is 0 Å². The molecule has 0 aromatic heterocycles. The van der Waals surface area contributed by atoms with E-state index in [9.17, 15) is 0 Å². The van der Waals surface area contributed by atoms with Gasteiger partial charge in [0.15, 0.2) is 6.29 Å². The summed E-state index contributed by atoms with van der Waals surface area (Å²) in [6, 6.07) is 0. The lowest BCUT2D eigenvalue weighted by molar-refractivity contribution is -0.147. The van der Waals surface area contributed by atoms with Crippen LogP contribution in [0, 0.1) is 0 Å². The van der Waals surface area contributed by atoms with E-state index < -0.39 is 0 Å². The van der Waals surface area contributed by atoms with Gasteiger partial charge in [0.2, 0.25) is 0 Å². The van der Waals surface area contributed by atoms with Gasteiger partial charge < -0.3 is 14.6 Å². The molecule has 0 aromatic carbocycles. The van der Waals surface area contributed by atoms with Crippen LogP contribution in [-0.4, -0.2) is 31.2 Å². The summed E-state index contributed by atoms with van der Waals surface area (Å²) < 4.78 is 11.8. The summed E-state index contributed by atoms with van der Waals surface area (Å²) >= 11 is 0. The Morgan fingerprint density at radius 1 is 0.586 bits per heavy atom. The molecule has 0 atom stereocenters. The molecule has 0 radical (unpaired) electrons. The lowest BCUT2D eigenvalue weighted by Gasteiger charge is -2.18. The maximum Gasteiger partial charge on any atom is 0.157 e. The van der Waals surface area contributed by atoms with Crippen LogP contribution in [0.15, 0.2) is 12.2 Å². The predicted octanol–water partition coefficient (Wildman–Crippen LogP) is 7.96. The molecular weight excluding hydrogens is 360 g/mol. The molecule has 0 spiro atoms. The van der Waals surface area contributed by atoms with Crippen LogP contribution in [0.25, 0.3) is 0 Å². The molecular formula is C26H52O3. The van der Waals surface area contributed by atoms with Gasteiger partial charge in [0, 0.05) is 19.8 Å². The first-order valence-electron chi connectivity index (χ1n) is 12.8. The third kappa shape index (κ3) is 23.8. The van der Waals surface area contributed by atoms with Crippen LogP contribution in [0.5, 0.6) is 0 Å². The van der Waals surface area contributed by atoms with Gasteiger partial charge in [0.1, 0.15) is 0 Å². The summed E-state index contributed by atoms with van der Waals surface area (Å²) in [5, 5.41) is 8.70. The van der Waals surface area contributed by atoms with Gasteiger partial charge in [-0.05, 0) is 44.9 Å². The van der Waals surface area contributed by atoms with Crippen LogP contribution in [0.4, 0.5) is 0 Å². The van der Waals surface area contributed by atoms with E-state index in [4.69, 9.17) is 14.6 Å². The van der Waals surface area contributed by atoms with Crippen molar-refractivity contribution < 1.29 is 14.6 Å². The molecule has 0 aliphatic rings. The minimum atomic E-state index is 0.0262. The Kier molecular flexibility index (Phi) is 25.3. The van der Waals surface area contributed by atoms with Crippen molar-refractivity contribution in [2.24, 2.45) is 0 Å². The van der Waals surface area contributed by atoms with E-state index in [2.05, 4.69) is 26.0 Å². The molecule has 0 heterocycles. The topological polar surface area (TPSA) is 38.7 Å². The zero-order valence-corrected chi connectivity index (χ0v) is 19.8. The van der Waals surface area contributed by atoms with Crippen LogP contribution in [0.2, 0.25) is 0 Å². The molecule has 0 unspecified atom stereocenters. The third-order valence-electron chi connectivity index (χ3n) is 5.38. The van der Waals surface area contributed by atoms with Gasteiger partial charge in [0.05, 0.1) is 0 Å². The zero-order chi connectivity index (χ0) is 21.3. The summed E-state index contributed by atoms with van der Waals surface area (Å²) in [5.74, 6) is 0. The molecule has 174 valence electrons. The number of allylic oxidation sites excluding steroid dienone is 1. The van der Waals surface area contributed by atoms with Crippen molar-refractivity contribution in [3.63, 3.8) is 0 Å². The fourth-order valence-electron chi connectivity index (χ4n) is 3.41. The molecule has 0 aromatic rings. The minimum Gasteiger partial charge on any atom is -0.396 e. The number of ether oxygens (including phenoxy) is 2. The maximum atomic E-state index is 8.70. The Morgan fingerprint density at radius 3 is 1.52 bits per heavy atom. The fourth-order valence-corrected chi connectivity index (χ4v) is 3.41. The summed E-state index contributed by atoms with van der Waals surface area (Å²) in [6.07, 6.45) is 26.9. The molecule has 3 nitrogen and oxygen atoms in total. The Hall–Kier alpha value is -0.380. The fraction of sp³-hybridized carbons (Fsp3) is 0.923. The van der Waals surface area contributed by atoms with Gasteiger partial charge in [-0.3, -0.25) is 0 Å². The Balaban J connectivity index is 3.39. The van der Waals surface area contributed by atoms with Crippen LogP contribution >= 0.6 is 0 Å². The van der Waals surface area contributed by atoms with Gasteiger partial charge in [-0.25, -0.2) is 0 Å². The number of aliphatic hydroxyl groups excluding tert-OH is 1. The first-order valence-corrected chi connectivity index (χ1v) is 12.8. The van der Waals surface area contributed by atoms with E-state index in [-0.39, 0.29) is 12.9 Å². The largest absolute Gasteiger partial charge is 0.396 e. The molecule has 0 bridgehead atoms. The number of rotatable bonds is 24. The summed E-state index contributed by atoms with van der Waals surface area (Å²) in [7, 11) is 0. The molecule has 0 aliphatic heterocycles. The highest BCUT2D eigenvalue weighted by Gasteiger charge is 2.08. The van der Waals surface area contributed by atoms with Crippen molar-refractivity contribution in [3.8, 4) is 0 Å². The highest BCUT2D eigenvalue weighted by atomic mass is 16.7. The van der Waals surface area contributed by atoms with Crippen LogP contribution in [0.1, 0.15) is 129 Å². The van der Waals surface area contributed by atoms with E-state index in [0.717, 1.165) is 38.9 Å². The van der Waals surface area contributed by atoms with E-state index in [1.165, 1.54) is 89.9 Å². The lowest BCUT2D eigenvalue weighted by atomic mass is 10.0. The lowest BCUT2D eigenvalue weighted by Crippen LogP contribution is -2.18. The quantitative estimate of drug-likeness (QED) is 0.0992. The number of hydrogen-bond acceptors (Lipinski definition) is 3. The molecule has 0 fully saturated rings. The molecule has 3 heteroatoms. The standard InChI is InChI=1S/C26H52O3/c1-3-5-24-28-26(29-25-6-4-2)22-20-18-16-14-12-10-8-7-9-11-13-15-17-19-21-23-27/h17,19,26-27H,3-16,18,20-25H2,1-2H3/b19-17-. The average Bonchev–Trinajstić information content (AvgIpc) is 2.73. The Labute approximate surface area is 182 Å². The summed E-state index contributed by atoms with van der Waals surface area (Å²) in [5.41, 5.74) is 0. The predicted molar refractivity (Wildman–Crippen MR) is 126 cm³/mol. The second-order valence-electron chi connectivity index (χ2n) is 8.33. The Bertz CT molecular complexity index is 307. The van der Waals surface area contributed by atoms with E-state index >= 15 is 0 Å². The van der Waals surface area contributed by atoms with Gasteiger partial charge in [-0.1, -0.05) is 96.6 Å². The maximum absolute atomic E-state index is 8.70. The van der Waals surface area contributed by atoms with E-state index in [0.29, 0.717) is 0 Å². The normalized spacial score (nSPS) is 11.9. The number of aliphatic hydroxyl groups is 1. The molecule has 0 saturated carbocycles. The van der Waals surface area contributed by atoms with Crippen molar-refractivity contribution in [2.75, 3.05) is 19.8 Å². The summed E-state index contributed by atoms with van der Waals surface area (Å²) in [4.78, 5) is 0. The van der Waals surface area contributed by atoms with Crippen LogP contribution < -0.4 is 0 Å². The number of hydrogen-bond donors (Lipinski definition) is 1. The van der Waals surface area contributed by atoms with Crippen LogP contribution in [-0.2, 0) is 9.47 Å². The molecule has 0 rings (SSSR count). The zero-order valence-electron chi connectivity index (χ0n) is 19.8. The average molecular weight is 413 g/mol. The highest BCUT2D eigenvalue weighted by molar-refractivity contribution is 4.80. The molecule has 0 aliphatic carbocycles. The van der Waals surface area contributed by atoms with Gasteiger partial charge in [0.25, 0.3) is 0 Å². The Morgan fingerprint density at radius 2 is 1.03 bits per heavy atom. The number of unbranched alkanes of at least 4 members (excludes halogenated alkanes) is 13. The van der Waals surface area contributed by atoms with Gasteiger partial charge in [-0.2, -0.15) is 0 Å². The smallest absolute Gasteiger partial charge is 0.157 e. The highest BCUT2D eigenvalue weighted by Crippen LogP contribution is 2.15. The van der Waals surface area contributed by atoms with Crippen molar-refractivity contribution >= 4 is 0 Å². The minimum absolute atomic E-state index is 0.0262. The van der Waals surface area contributed by atoms with Crippen LogP contribution in [0.3, 0.4) is 0 Å². The third-order valence-corrected chi connectivity index (χ3v) is 5.38. The van der Waals surface area contributed by atoms with Gasteiger partial charge >= 0.3 is 0 Å². The second-order valence-corrected chi connectivity index (χ2v) is 8.33. The molecule has 1 N–H and O–H groups in total. The van der Waals surface area contributed by atoms with E-state index in [1.807, 2.05) is 0 Å². The SMILES string of the molecule is CCCCOC(CCCCCCCCCCCCC/C=C\CCO)OCCCC. The van der Waals surface area contributed by atoms with Crippen molar-refractivity contribution in [2.45, 2.75) is 136 Å². The van der Waals surface area contributed by atoms with Gasteiger partial charge in [-0.15, -0.1) is 0 Å². The van der Waals surface area contributed by atoms with E-state index in [1.54, 1.807) is 0 Å².